The molecule has 0 unspecified atom stereocenters. The lowest BCUT2D eigenvalue weighted by Crippen LogP contribution is -2.51. The highest BCUT2D eigenvalue weighted by Crippen LogP contribution is 2.33. The van der Waals surface area contributed by atoms with E-state index in [-0.39, 0.29) is 23.0 Å². The number of halogens is 3. The van der Waals surface area contributed by atoms with E-state index in [0.717, 1.165) is 23.3 Å². The minimum atomic E-state index is -4.74. The highest BCUT2D eigenvalue weighted by atomic mass is 32.2. The third-order valence-electron chi connectivity index (χ3n) is 6.64. The van der Waals surface area contributed by atoms with Gasteiger partial charge in [-0.25, -0.2) is 8.42 Å². The minimum absolute atomic E-state index is 0.0161. The summed E-state index contributed by atoms with van der Waals surface area (Å²) in [7, 11) is -4.49. The SMILES string of the molecule is Cc1ccc(S(=O)(=O)N(CC(=O)N(Cc2cccc(C)c2)[C@@H](C)C(=O)NCC(C)C)c2cccc(C(F)(F)F)c2)cc1. The number of alkyl halides is 3. The molecule has 0 aliphatic heterocycles. The van der Waals surface area contributed by atoms with E-state index < -0.39 is 46.2 Å². The van der Waals surface area contributed by atoms with E-state index in [4.69, 9.17) is 0 Å². The topological polar surface area (TPSA) is 86.8 Å². The highest BCUT2D eigenvalue weighted by molar-refractivity contribution is 7.92. The van der Waals surface area contributed by atoms with Crippen LogP contribution < -0.4 is 9.62 Å². The van der Waals surface area contributed by atoms with Crippen LogP contribution in [0.2, 0.25) is 0 Å². The molecule has 3 aromatic carbocycles. The Balaban J connectivity index is 2.08. The molecule has 0 spiro atoms. The standard InChI is InChI=1S/C31H36F3N3O4S/c1-21(2)18-35-30(39)24(5)36(19-25-9-6-8-23(4)16-25)29(38)20-37(27-11-7-10-26(17-27)31(32,33)34)42(40,41)28-14-12-22(3)13-15-28/h6-17,21,24H,18-20H2,1-5H3,(H,35,39)/t24-/m0/s1. The van der Waals surface area contributed by atoms with Gasteiger partial charge in [-0.15, -0.1) is 0 Å². The molecule has 0 fully saturated rings. The number of carbonyl (C=O) groups excluding carboxylic acids is 2. The van der Waals surface area contributed by atoms with Gasteiger partial charge in [-0.05, 0) is 62.6 Å². The van der Waals surface area contributed by atoms with Crippen LogP contribution in [0.4, 0.5) is 18.9 Å². The molecule has 0 bridgehead atoms. The fourth-order valence-electron chi connectivity index (χ4n) is 4.25. The van der Waals surface area contributed by atoms with Crippen molar-refractivity contribution in [1.29, 1.82) is 0 Å². The molecule has 0 aromatic heterocycles. The Bertz CT molecular complexity index is 1510. The molecule has 0 radical (unpaired) electrons. The van der Waals surface area contributed by atoms with Crippen LogP contribution in [-0.4, -0.2) is 44.3 Å². The first-order valence-electron chi connectivity index (χ1n) is 13.5. The number of anilines is 1. The van der Waals surface area contributed by atoms with Crippen LogP contribution >= 0.6 is 0 Å². The second-order valence-corrected chi connectivity index (χ2v) is 12.6. The molecular weight excluding hydrogens is 567 g/mol. The molecule has 0 aliphatic carbocycles. The molecule has 2 amide bonds. The van der Waals surface area contributed by atoms with Gasteiger partial charge in [-0.3, -0.25) is 13.9 Å². The van der Waals surface area contributed by atoms with Crippen molar-refractivity contribution in [3.63, 3.8) is 0 Å². The first-order chi connectivity index (χ1) is 19.6. The lowest BCUT2D eigenvalue weighted by molar-refractivity contribution is -0.139. The fourth-order valence-corrected chi connectivity index (χ4v) is 5.65. The van der Waals surface area contributed by atoms with Gasteiger partial charge in [0.25, 0.3) is 10.0 Å². The molecular formula is C31H36F3N3O4S. The van der Waals surface area contributed by atoms with E-state index >= 15 is 0 Å². The van der Waals surface area contributed by atoms with Gasteiger partial charge in [0, 0.05) is 13.1 Å². The number of nitrogens with one attached hydrogen (secondary N) is 1. The van der Waals surface area contributed by atoms with Crippen molar-refractivity contribution in [2.24, 2.45) is 5.92 Å². The van der Waals surface area contributed by atoms with Gasteiger partial charge in [-0.1, -0.05) is 67.4 Å². The Morgan fingerprint density at radius 1 is 0.881 bits per heavy atom. The van der Waals surface area contributed by atoms with Crippen molar-refractivity contribution in [3.05, 3.63) is 95.1 Å². The summed E-state index contributed by atoms with van der Waals surface area (Å²) in [4.78, 5) is 28.0. The predicted octanol–water partition coefficient (Wildman–Crippen LogP) is 5.71. The Kier molecular flexibility index (Phi) is 10.4. The first kappa shape index (κ1) is 32.7. The largest absolute Gasteiger partial charge is 0.416 e. The predicted molar refractivity (Wildman–Crippen MR) is 156 cm³/mol. The normalized spacial score (nSPS) is 12.6. The molecule has 0 heterocycles. The minimum Gasteiger partial charge on any atom is -0.354 e. The zero-order chi connectivity index (χ0) is 31.2. The van der Waals surface area contributed by atoms with Gasteiger partial charge in [0.05, 0.1) is 16.1 Å². The first-order valence-corrected chi connectivity index (χ1v) is 14.9. The molecule has 0 aliphatic rings. The van der Waals surface area contributed by atoms with Gasteiger partial charge in [0.15, 0.2) is 0 Å². The number of hydrogen-bond donors (Lipinski definition) is 1. The van der Waals surface area contributed by atoms with Gasteiger partial charge in [-0.2, -0.15) is 13.2 Å². The van der Waals surface area contributed by atoms with Crippen LogP contribution in [-0.2, 0) is 32.3 Å². The zero-order valence-corrected chi connectivity index (χ0v) is 25.1. The van der Waals surface area contributed by atoms with Crippen LogP contribution in [0.15, 0.2) is 77.7 Å². The summed E-state index contributed by atoms with van der Waals surface area (Å²) in [6.45, 7) is 8.54. The molecule has 226 valence electrons. The number of benzene rings is 3. The quantitative estimate of drug-likeness (QED) is 0.304. The van der Waals surface area contributed by atoms with E-state index in [2.05, 4.69) is 5.32 Å². The second kappa shape index (κ2) is 13.4. The smallest absolute Gasteiger partial charge is 0.354 e. The summed E-state index contributed by atoms with van der Waals surface area (Å²) in [6.07, 6.45) is -4.74. The third-order valence-corrected chi connectivity index (χ3v) is 8.42. The molecule has 3 rings (SSSR count). The van der Waals surface area contributed by atoms with Crippen molar-refractivity contribution in [2.45, 2.75) is 58.3 Å². The van der Waals surface area contributed by atoms with Crippen LogP contribution in [0, 0.1) is 19.8 Å². The van der Waals surface area contributed by atoms with E-state index in [0.29, 0.717) is 22.5 Å². The van der Waals surface area contributed by atoms with Crippen molar-refractivity contribution in [3.8, 4) is 0 Å². The fraction of sp³-hybridized carbons (Fsp3) is 0.355. The van der Waals surface area contributed by atoms with Gasteiger partial charge >= 0.3 is 6.18 Å². The van der Waals surface area contributed by atoms with Gasteiger partial charge in [0.1, 0.15) is 12.6 Å². The van der Waals surface area contributed by atoms with Crippen LogP contribution in [0.25, 0.3) is 0 Å². The van der Waals surface area contributed by atoms with Crippen molar-refractivity contribution >= 4 is 27.5 Å². The highest BCUT2D eigenvalue weighted by Gasteiger charge is 2.35. The van der Waals surface area contributed by atoms with E-state index in [1.807, 2.05) is 32.9 Å². The average Bonchev–Trinajstić information content (AvgIpc) is 2.92. The summed E-state index contributed by atoms with van der Waals surface area (Å²) in [5.41, 5.74) is 1.02. The van der Waals surface area contributed by atoms with Crippen molar-refractivity contribution in [1.82, 2.24) is 10.2 Å². The molecule has 0 saturated carbocycles. The maximum Gasteiger partial charge on any atom is 0.416 e. The van der Waals surface area contributed by atoms with Gasteiger partial charge in [0.2, 0.25) is 11.8 Å². The Morgan fingerprint density at radius 3 is 2.12 bits per heavy atom. The monoisotopic (exact) mass is 603 g/mol. The number of amides is 2. The lowest BCUT2D eigenvalue weighted by atomic mass is 10.1. The Morgan fingerprint density at radius 2 is 1.52 bits per heavy atom. The number of rotatable bonds is 11. The molecule has 1 N–H and O–H groups in total. The van der Waals surface area contributed by atoms with Gasteiger partial charge < -0.3 is 10.2 Å². The van der Waals surface area contributed by atoms with Crippen molar-refractivity contribution < 1.29 is 31.2 Å². The Hall–Kier alpha value is -3.86. The number of sulfonamides is 1. The maximum atomic E-state index is 13.9. The van der Waals surface area contributed by atoms with E-state index in [1.165, 1.54) is 30.0 Å². The number of aryl methyl sites for hydroxylation is 2. The van der Waals surface area contributed by atoms with Crippen molar-refractivity contribution in [2.75, 3.05) is 17.4 Å². The van der Waals surface area contributed by atoms with E-state index in [9.17, 15) is 31.2 Å². The van der Waals surface area contributed by atoms with Crippen LogP contribution in [0.1, 0.15) is 43.0 Å². The molecule has 7 nitrogen and oxygen atoms in total. The van der Waals surface area contributed by atoms with Crippen LogP contribution in [0.5, 0.6) is 0 Å². The summed E-state index contributed by atoms with van der Waals surface area (Å²) in [5.74, 6) is -1.04. The number of hydrogen-bond acceptors (Lipinski definition) is 4. The summed E-state index contributed by atoms with van der Waals surface area (Å²) >= 11 is 0. The lowest BCUT2D eigenvalue weighted by Gasteiger charge is -2.32. The van der Waals surface area contributed by atoms with E-state index in [1.54, 1.807) is 31.2 Å². The third kappa shape index (κ3) is 8.34. The summed E-state index contributed by atoms with van der Waals surface area (Å²) in [6, 6.07) is 15.9. The number of carbonyl (C=O) groups is 2. The maximum absolute atomic E-state index is 13.9. The zero-order valence-electron chi connectivity index (χ0n) is 24.3. The number of nitrogens with zero attached hydrogens (tertiary/aromatic N) is 2. The van der Waals surface area contributed by atoms with Crippen LogP contribution in [0.3, 0.4) is 0 Å². The molecule has 3 aromatic rings. The molecule has 11 heteroatoms. The molecule has 0 saturated heterocycles. The molecule has 42 heavy (non-hydrogen) atoms. The average molecular weight is 604 g/mol. The molecule has 1 atom stereocenters. The Labute approximate surface area is 245 Å². The second-order valence-electron chi connectivity index (χ2n) is 10.7. The summed E-state index contributed by atoms with van der Waals surface area (Å²) in [5, 5.41) is 2.80. The summed E-state index contributed by atoms with van der Waals surface area (Å²) < 4.78 is 69.1.